The average molecular weight is 329 g/mol. The second-order valence-corrected chi connectivity index (χ2v) is 3.41. The zero-order chi connectivity index (χ0) is 10.8. The van der Waals surface area contributed by atoms with Crippen molar-refractivity contribution in [2.45, 2.75) is 6.92 Å². The molecule has 2 aromatic rings. The summed E-state index contributed by atoms with van der Waals surface area (Å²) in [6, 6.07) is 9.61. The van der Waals surface area contributed by atoms with Crippen molar-refractivity contribution in [1.29, 1.82) is 0 Å². The van der Waals surface area contributed by atoms with Crippen LogP contribution in [0.3, 0.4) is 0 Å². The molecule has 1 heterocycles. The number of para-hydroxylation sites is 1. The van der Waals surface area contributed by atoms with Crippen LogP contribution in [-0.2, 0) is 11.8 Å². The van der Waals surface area contributed by atoms with Crippen LogP contribution in [0.4, 0.5) is 0 Å². The Morgan fingerprint density at radius 1 is 1.25 bits per heavy atom. The molecule has 0 atom stereocenters. The van der Waals surface area contributed by atoms with Gasteiger partial charge in [0.25, 0.3) is 5.52 Å². The number of carbonyl (C=O) groups excluding carboxylic acids is 1. The number of nitrogens with zero attached hydrogens (tertiary/aromatic N) is 1. The van der Waals surface area contributed by atoms with Crippen LogP contribution in [0.25, 0.3) is 10.9 Å². The molecular formula is C12H12INO2. The second kappa shape index (κ2) is 5.25. The highest BCUT2D eigenvalue weighted by Crippen LogP contribution is 2.21. The van der Waals surface area contributed by atoms with Crippen molar-refractivity contribution < 1.29 is 38.1 Å². The second-order valence-electron chi connectivity index (χ2n) is 3.41. The molecular weight excluding hydrogens is 317 g/mol. The van der Waals surface area contributed by atoms with Gasteiger partial charge < -0.3 is 28.7 Å². The fourth-order valence-corrected chi connectivity index (χ4v) is 1.64. The van der Waals surface area contributed by atoms with E-state index in [-0.39, 0.29) is 29.9 Å². The molecule has 2 rings (SSSR count). The molecule has 0 aliphatic heterocycles. The first-order valence-corrected chi connectivity index (χ1v) is 4.74. The summed E-state index contributed by atoms with van der Waals surface area (Å²) in [5.74, 6) is 0.300. The number of fused-ring (bicyclic) bond motifs is 1. The minimum Gasteiger partial charge on any atom is -1.00 e. The number of ether oxygens (including phenoxy) is 1. The van der Waals surface area contributed by atoms with Gasteiger partial charge >= 0.3 is 5.97 Å². The van der Waals surface area contributed by atoms with Crippen molar-refractivity contribution in [3.63, 3.8) is 0 Å². The van der Waals surface area contributed by atoms with Crippen LogP contribution in [-0.4, -0.2) is 5.97 Å². The normalized spacial score (nSPS) is 9.62. The summed E-state index contributed by atoms with van der Waals surface area (Å²) in [5.41, 5.74) is 0.926. The molecule has 0 spiro atoms. The molecule has 0 saturated heterocycles. The summed E-state index contributed by atoms with van der Waals surface area (Å²) in [7, 11) is 1.93. The molecule has 84 valence electrons. The van der Waals surface area contributed by atoms with E-state index in [2.05, 4.69) is 0 Å². The summed E-state index contributed by atoms with van der Waals surface area (Å²) in [4.78, 5) is 10.9. The van der Waals surface area contributed by atoms with Crippen molar-refractivity contribution in [3.05, 3.63) is 36.5 Å². The zero-order valence-electron chi connectivity index (χ0n) is 9.11. The number of benzene rings is 1. The summed E-state index contributed by atoms with van der Waals surface area (Å²) in [6.45, 7) is 1.40. The molecule has 3 nitrogen and oxygen atoms in total. The van der Waals surface area contributed by atoms with Gasteiger partial charge in [0.1, 0.15) is 7.05 Å². The monoisotopic (exact) mass is 329 g/mol. The molecule has 0 saturated carbocycles. The van der Waals surface area contributed by atoms with Crippen LogP contribution < -0.4 is 33.3 Å². The lowest BCUT2D eigenvalue weighted by Gasteiger charge is -2.03. The van der Waals surface area contributed by atoms with E-state index in [4.69, 9.17) is 4.74 Å². The van der Waals surface area contributed by atoms with Gasteiger partial charge in [-0.2, -0.15) is 4.57 Å². The number of hydrogen-bond donors (Lipinski definition) is 0. The van der Waals surface area contributed by atoms with E-state index >= 15 is 0 Å². The topological polar surface area (TPSA) is 30.2 Å². The summed E-state index contributed by atoms with van der Waals surface area (Å²) < 4.78 is 7.09. The van der Waals surface area contributed by atoms with E-state index < -0.39 is 0 Å². The Bertz CT molecular complexity index is 520. The van der Waals surface area contributed by atoms with Crippen molar-refractivity contribution in [3.8, 4) is 5.75 Å². The molecule has 0 radical (unpaired) electrons. The Balaban J connectivity index is 0.00000128. The first-order chi connectivity index (χ1) is 7.18. The number of aromatic nitrogens is 1. The molecule has 0 aliphatic rings. The maximum Gasteiger partial charge on any atom is 0.308 e. The maximum absolute atomic E-state index is 10.9. The Morgan fingerprint density at radius 2 is 1.94 bits per heavy atom. The summed E-state index contributed by atoms with van der Waals surface area (Å²) >= 11 is 0. The average Bonchev–Trinajstić information content (AvgIpc) is 2.17. The third kappa shape index (κ3) is 2.49. The smallest absolute Gasteiger partial charge is 0.308 e. The predicted molar refractivity (Wildman–Crippen MR) is 56.4 cm³/mol. The van der Waals surface area contributed by atoms with E-state index in [1.807, 2.05) is 42.1 Å². The Labute approximate surface area is 111 Å². The number of carbonyl (C=O) groups is 1. The Hall–Kier alpha value is -1.17. The lowest BCUT2D eigenvalue weighted by atomic mass is 10.2. The van der Waals surface area contributed by atoms with E-state index in [9.17, 15) is 4.79 Å². The van der Waals surface area contributed by atoms with Gasteiger partial charge in [-0.1, -0.05) is 6.07 Å². The Kier molecular flexibility index (Phi) is 4.23. The van der Waals surface area contributed by atoms with Gasteiger partial charge in [0.15, 0.2) is 6.20 Å². The highest BCUT2D eigenvalue weighted by atomic mass is 127. The standard InChI is InChI=1S/C12H12NO2.HI/c1-9(14)15-11-7-3-5-10-6-4-8-13(2)12(10)11;/h3-8H,1-2H3;1H/q+1;/p-1. The minimum atomic E-state index is -0.300. The molecule has 0 fully saturated rings. The van der Waals surface area contributed by atoms with Gasteiger partial charge in [-0.25, -0.2) is 0 Å². The number of aryl methyl sites for hydroxylation is 1. The van der Waals surface area contributed by atoms with Crippen molar-refractivity contribution >= 4 is 16.9 Å². The number of rotatable bonds is 1. The molecule has 4 heteroatoms. The van der Waals surface area contributed by atoms with E-state index in [1.54, 1.807) is 6.07 Å². The molecule has 1 aromatic heterocycles. The maximum atomic E-state index is 10.9. The van der Waals surface area contributed by atoms with E-state index in [0.717, 1.165) is 10.9 Å². The van der Waals surface area contributed by atoms with E-state index in [0.29, 0.717) is 5.75 Å². The molecule has 0 N–H and O–H groups in total. The highest BCUT2D eigenvalue weighted by molar-refractivity contribution is 5.84. The van der Waals surface area contributed by atoms with Gasteiger partial charge in [0, 0.05) is 13.0 Å². The number of hydrogen-bond acceptors (Lipinski definition) is 2. The van der Waals surface area contributed by atoms with Crippen LogP contribution in [0, 0.1) is 0 Å². The Morgan fingerprint density at radius 3 is 2.62 bits per heavy atom. The van der Waals surface area contributed by atoms with Crippen molar-refractivity contribution in [2.75, 3.05) is 0 Å². The molecule has 1 aromatic carbocycles. The van der Waals surface area contributed by atoms with Gasteiger partial charge in [-0.05, 0) is 18.2 Å². The highest BCUT2D eigenvalue weighted by Gasteiger charge is 2.12. The minimum absolute atomic E-state index is 0. The molecule has 16 heavy (non-hydrogen) atoms. The lowest BCUT2D eigenvalue weighted by Crippen LogP contribution is -3.00. The van der Waals surface area contributed by atoms with Crippen molar-refractivity contribution in [2.24, 2.45) is 7.05 Å². The van der Waals surface area contributed by atoms with Gasteiger partial charge in [0.2, 0.25) is 5.75 Å². The van der Waals surface area contributed by atoms with Crippen LogP contribution in [0.5, 0.6) is 5.75 Å². The number of esters is 1. The van der Waals surface area contributed by atoms with Gasteiger partial charge in [-0.15, -0.1) is 0 Å². The predicted octanol–water partition coefficient (Wildman–Crippen LogP) is -1.41. The fourth-order valence-electron chi connectivity index (χ4n) is 1.64. The van der Waals surface area contributed by atoms with Crippen LogP contribution >= 0.6 is 0 Å². The van der Waals surface area contributed by atoms with Crippen LogP contribution in [0.2, 0.25) is 0 Å². The molecule has 0 unspecified atom stereocenters. The molecule has 0 aliphatic carbocycles. The third-order valence-corrected chi connectivity index (χ3v) is 2.22. The molecule has 0 bridgehead atoms. The SMILES string of the molecule is CC(=O)Oc1cccc2ccc[n+](C)c12.[I-]. The summed E-state index contributed by atoms with van der Waals surface area (Å²) in [6.07, 6.45) is 1.93. The zero-order valence-corrected chi connectivity index (χ0v) is 11.3. The largest absolute Gasteiger partial charge is 1.00 e. The van der Waals surface area contributed by atoms with Crippen LogP contribution in [0.15, 0.2) is 36.5 Å². The molecule has 0 amide bonds. The first kappa shape index (κ1) is 12.9. The quantitative estimate of drug-likeness (QED) is 0.279. The lowest BCUT2D eigenvalue weighted by molar-refractivity contribution is -0.645. The summed E-state index contributed by atoms with van der Waals surface area (Å²) in [5, 5.41) is 1.05. The number of pyridine rings is 1. The van der Waals surface area contributed by atoms with Gasteiger partial charge in [-0.3, -0.25) is 4.79 Å². The van der Waals surface area contributed by atoms with Gasteiger partial charge in [0.05, 0.1) is 5.39 Å². The fraction of sp³-hybridized carbons (Fsp3) is 0.167. The van der Waals surface area contributed by atoms with Crippen LogP contribution in [0.1, 0.15) is 6.92 Å². The van der Waals surface area contributed by atoms with Crippen molar-refractivity contribution in [1.82, 2.24) is 0 Å². The van der Waals surface area contributed by atoms with E-state index in [1.165, 1.54) is 6.92 Å². The first-order valence-electron chi connectivity index (χ1n) is 4.74. The number of halogens is 1. The third-order valence-electron chi connectivity index (χ3n) is 2.22.